The third-order valence-electron chi connectivity index (χ3n) is 5.91. The van der Waals surface area contributed by atoms with Crippen molar-refractivity contribution in [1.82, 2.24) is 9.62 Å². The van der Waals surface area contributed by atoms with Gasteiger partial charge in [0.25, 0.3) is 0 Å². The van der Waals surface area contributed by atoms with E-state index in [4.69, 9.17) is 11.6 Å². The number of nitrogens with one attached hydrogen (secondary N) is 1. The minimum Gasteiger partial charge on any atom is -0.348 e. The average molecular weight is 433 g/mol. The van der Waals surface area contributed by atoms with Crippen LogP contribution in [0.3, 0.4) is 0 Å². The van der Waals surface area contributed by atoms with Gasteiger partial charge in [-0.3, -0.25) is 4.79 Å². The Morgan fingerprint density at radius 2 is 1.83 bits per heavy atom. The molecule has 5 nitrogen and oxygen atoms in total. The van der Waals surface area contributed by atoms with Gasteiger partial charge in [-0.2, -0.15) is 4.31 Å². The zero-order chi connectivity index (χ0) is 20.6. The molecule has 0 aromatic heterocycles. The van der Waals surface area contributed by atoms with Crippen LogP contribution in [-0.4, -0.2) is 31.2 Å². The van der Waals surface area contributed by atoms with Gasteiger partial charge in [0, 0.05) is 11.6 Å². The number of benzene rings is 2. The number of carbonyl (C=O) groups is 1. The molecule has 2 aromatic rings. The van der Waals surface area contributed by atoms with E-state index in [-0.39, 0.29) is 16.8 Å². The second kappa shape index (κ2) is 8.09. The van der Waals surface area contributed by atoms with Crippen molar-refractivity contribution in [3.8, 4) is 0 Å². The van der Waals surface area contributed by atoms with Crippen molar-refractivity contribution in [2.75, 3.05) is 6.54 Å². The maximum atomic E-state index is 13.0. The maximum absolute atomic E-state index is 13.0. The predicted octanol–water partition coefficient (Wildman–Crippen LogP) is 3.86. The van der Waals surface area contributed by atoms with Crippen LogP contribution >= 0.6 is 11.6 Å². The Hall–Kier alpha value is -1.89. The van der Waals surface area contributed by atoms with Gasteiger partial charge in [-0.1, -0.05) is 29.8 Å². The predicted molar refractivity (Wildman–Crippen MR) is 113 cm³/mol. The lowest BCUT2D eigenvalue weighted by Gasteiger charge is -2.25. The SMILES string of the molecule is C[C@H](NC(=O)[C@H]1CCCN1S(=O)(=O)c1ccc(Cl)cc1)c1ccc2c(c1)CCC2. The maximum Gasteiger partial charge on any atom is 0.243 e. The lowest BCUT2D eigenvalue weighted by molar-refractivity contribution is -0.124. The van der Waals surface area contributed by atoms with Crippen LogP contribution in [0.4, 0.5) is 0 Å². The minimum absolute atomic E-state index is 0.160. The molecule has 0 bridgehead atoms. The third kappa shape index (κ3) is 4.06. The summed E-state index contributed by atoms with van der Waals surface area (Å²) in [7, 11) is -3.74. The summed E-state index contributed by atoms with van der Waals surface area (Å²) in [5, 5.41) is 3.50. The molecule has 1 N–H and O–H groups in total. The summed E-state index contributed by atoms with van der Waals surface area (Å²) >= 11 is 5.88. The molecule has 1 aliphatic heterocycles. The molecular formula is C22H25ClN2O3S. The quantitative estimate of drug-likeness (QED) is 0.780. The average Bonchev–Trinajstić information content (AvgIpc) is 3.37. The summed E-state index contributed by atoms with van der Waals surface area (Å²) in [6.07, 6.45) is 4.57. The molecule has 1 amide bonds. The summed E-state index contributed by atoms with van der Waals surface area (Å²) < 4.78 is 27.4. The van der Waals surface area contributed by atoms with Gasteiger partial charge in [0.05, 0.1) is 10.9 Å². The summed E-state index contributed by atoms with van der Waals surface area (Å²) in [6.45, 7) is 2.29. The lowest BCUT2D eigenvalue weighted by Crippen LogP contribution is -2.46. The van der Waals surface area contributed by atoms with Gasteiger partial charge in [0.2, 0.25) is 15.9 Å². The molecule has 2 atom stereocenters. The molecular weight excluding hydrogens is 408 g/mol. The Morgan fingerprint density at radius 3 is 2.59 bits per heavy atom. The molecule has 0 unspecified atom stereocenters. The van der Waals surface area contributed by atoms with Crippen LogP contribution in [0, 0.1) is 0 Å². The highest BCUT2D eigenvalue weighted by atomic mass is 35.5. The summed E-state index contributed by atoms with van der Waals surface area (Å²) in [6, 6.07) is 11.6. The lowest BCUT2D eigenvalue weighted by atomic mass is 10.0. The van der Waals surface area contributed by atoms with Gasteiger partial charge >= 0.3 is 0 Å². The van der Waals surface area contributed by atoms with Gasteiger partial charge in [-0.15, -0.1) is 0 Å². The molecule has 1 aliphatic carbocycles. The molecule has 1 fully saturated rings. The van der Waals surface area contributed by atoms with Crippen molar-refractivity contribution in [3.05, 3.63) is 64.2 Å². The minimum atomic E-state index is -3.74. The van der Waals surface area contributed by atoms with Crippen LogP contribution in [0.2, 0.25) is 5.02 Å². The summed E-state index contributed by atoms with van der Waals surface area (Å²) in [4.78, 5) is 13.1. The van der Waals surface area contributed by atoms with E-state index in [1.165, 1.54) is 34.0 Å². The normalized spacial score (nSPS) is 20.4. The number of hydrogen-bond acceptors (Lipinski definition) is 3. The molecule has 29 heavy (non-hydrogen) atoms. The van der Waals surface area contributed by atoms with Crippen molar-refractivity contribution in [2.45, 2.75) is 56.0 Å². The first-order valence-corrected chi connectivity index (χ1v) is 11.9. The van der Waals surface area contributed by atoms with E-state index in [2.05, 4.69) is 23.5 Å². The Kier molecular flexibility index (Phi) is 5.69. The monoisotopic (exact) mass is 432 g/mol. The zero-order valence-electron chi connectivity index (χ0n) is 16.4. The Labute approximate surface area is 177 Å². The zero-order valence-corrected chi connectivity index (χ0v) is 18.0. The van der Waals surface area contributed by atoms with E-state index in [9.17, 15) is 13.2 Å². The molecule has 7 heteroatoms. The van der Waals surface area contributed by atoms with Gasteiger partial charge in [0.1, 0.15) is 6.04 Å². The first-order chi connectivity index (χ1) is 13.9. The number of aryl methyl sites for hydroxylation is 2. The Bertz CT molecular complexity index is 1020. The van der Waals surface area contributed by atoms with Gasteiger partial charge in [-0.05, 0) is 80.0 Å². The first-order valence-electron chi connectivity index (χ1n) is 10.1. The van der Waals surface area contributed by atoms with Crippen LogP contribution in [0.5, 0.6) is 0 Å². The second-order valence-electron chi connectivity index (χ2n) is 7.84. The van der Waals surface area contributed by atoms with Crippen molar-refractivity contribution < 1.29 is 13.2 Å². The van der Waals surface area contributed by atoms with Crippen LogP contribution in [0.1, 0.15) is 48.9 Å². The fourth-order valence-electron chi connectivity index (χ4n) is 4.29. The van der Waals surface area contributed by atoms with E-state index in [1.807, 2.05) is 6.92 Å². The van der Waals surface area contributed by atoms with Crippen LogP contribution in [0.15, 0.2) is 47.4 Å². The second-order valence-corrected chi connectivity index (χ2v) is 10.2. The molecule has 154 valence electrons. The molecule has 0 saturated carbocycles. The van der Waals surface area contributed by atoms with E-state index in [0.29, 0.717) is 24.4 Å². The van der Waals surface area contributed by atoms with Crippen molar-refractivity contribution >= 4 is 27.5 Å². The first kappa shape index (κ1) is 20.4. The number of nitrogens with zero attached hydrogens (tertiary/aromatic N) is 1. The highest BCUT2D eigenvalue weighted by molar-refractivity contribution is 7.89. The van der Waals surface area contributed by atoms with E-state index >= 15 is 0 Å². The topological polar surface area (TPSA) is 66.5 Å². The van der Waals surface area contributed by atoms with Gasteiger partial charge in [0.15, 0.2) is 0 Å². The number of carbonyl (C=O) groups excluding carboxylic acids is 1. The highest BCUT2D eigenvalue weighted by Gasteiger charge is 2.39. The fraction of sp³-hybridized carbons (Fsp3) is 0.409. The third-order valence-corrected chi connectivity index (χ3v) is 8.08. The molecule has 2 aromatic carbocycles. The van der Waals surface area contributed by atoms with Crippen LogP contribution < -0.4 is 5.32 Å². The summed E-state index contributed by atoms with van der Waals surface area (Å²) in [5.74, 6) is -0.243. The Morgan fingerprint density at radius 1 is 1.10 bits per heavy atom. The molecule has 1 saturated heterocycles. The Balaban J connectivity index is 1.49. The number of hydrogen-bond donors (Lipinski definition) is 1. The number of amides is 1. The smallest absolute Gasteiger partial charge is 0.243 e. The fourth-order valence-corrected chi connectivity index (χ4v) is 6.07. The molecule has 1 heterocycles. The van der Waals surface area contributed by atoms with E-state index in [1.54, 1.807) is 12.1 Å². The molecule has 4 rings (SSSR count). The molecule has 0 spiro atoms. The molecule has 2 aliphatic rings. The van der Waals surface area contributed by atoms with Gasteiger partial charge in [-0.25, -0.2) is 8.42 Å². The molecule has 0 radical (unpaired) electrons. The van der Waals surface area contributed by atoms with Crippen LogP contribution in [-0.2, 0) is 27.7 Å². The largest absolute Gasteiger partial charge is 0.348 e. The summed E-state index contributed by atoms with van der Waals surface area (Å²) in [5.41, 5.74) is 3.81. The number of sulfonamides is 1. The van der Waals surface area contributed by atoms with Crippen molar-refractivity contribution in [3.63, 3.8) is 0 Å². The van der Waals surface area contributed by atoms with Crippen LogP contribution in [0.25, 0.3) is 0 Å². The highest BCUT2D eigenvalue weighted by Crippen LogP contribution is 2.29. The number of rotatable bonds is 5. The van der Waals surface area contributed by atoms with E-state index < -0.39 is 16.1 Å². The number of fused-ring (bicyclic) bond motifs is 1. The van der Waals surface area contributed by atoms with Crippen molar-refractivity contribution in [1.29, 1.82) is 0 Å². The van der Waals surface area contributed by atoms with E-state index in [0.717, 1.165) is 18.4 Å². The van der Waals surface area contributed by atoms with Gasteiger partial charge < -0.3 is 5.32 Å². The van der Waals surface area contributed by atoms with Crippen molar-refractivity contribution in [2.24, 2.45) is 0 Å². The standard InChI is InChI=1S/C22H25ClN2O3S/c1-15(17-8-7-16-4-2-5-18(16)14-17)24-22(26)21-6-3-13-25(21)29(27,28)20-11-9-19(23)10-12-20/h7-12,14-15,21H,2-6,13H2,1H3,(H,24,26)/t15-,21+/m0/s1. The number of halogens is 1.